The fourth-order valence-electron chi connectivity index (χ4n) is 2.05. The Morgan fingerprint density at radius 2 is 1.68 bits per heavy atom. The summed E-state index contributed by atoms with van der Waals surface area (Å²) in [7, 11) is 0. The number of hydrogen-bond acceptors (Lipinski definition) is 4. The fraction of sp³-hybridized carbons (Fsp3) is 0.105. The number of anilines is 1. The molecule has 0 heterocycles. The Morgan fingerprint density at radius 1 is 1.04 bits per heavy atom. The Bertz CT molecular complexity index is 854. The quantitative estimate of drug-likeness (QED) is 0.359. The summed E-state index contributed by atoms with van der Waals surface area (Å²) in [5, 5.41) is 2.52. The van der Waals surface area contributed by atoms with Crippen molar-refractivity contribution >= 4 is 34.8 Å². The molecule has 2 rings (SSSR count). The predicted molar refractivity (Wildman–Crippen MR) is 95.2 cm³/mol. The summed E-state index contributed by atoms with van der Waals surface area (Å²) in [5.74, 6) is 0.725. The summed E-state index contributed by atoms with van der Waals surface area (Å²) in [5.41, 5.74) is 0.734. The van der Waals surface area contributed by atoms with E-state index in [0.29, 0.717) is 11.4 Å². The third-order valence-electron chi connectivity index (χ3n) is 3.15. The summed E-state index contributed by atoms with van der Waals surface area (Å²) in [6.45, 7) is 0.0634. The van der Waals surface area contributed by atoms with Crippen molar-refractivity contribution in [3.63, 3.8) is 0 Å². The molecule has 0 spiro atoms. The predicted octanol–water partition coefficient (Wildman–Crippen LogP) is 2.94. The average molecular weight is 356 g/mol. The highest BCUT2D eigenvalue weighted by molar-refractivity contribution is 6.49. The number of benzene rings is 2. The van der Waals surface area contributed by atoms with Gasteiger partial charge >= 0.3 is 0 Å². The van der Waals surface area contributed by atoms with Gasteiger partial charge in [-0.25, -0.2) is 0 Å². The van der Waals surface area contributed by atoms with E-state index in [9.17, 15) is 14.4 Å². The van der Waals surface area contributed by atoms with Crippen LogP contribution in [0, 0.1) is 12.3 Å². The van der Waals surface area contributed by atoms with Crippen molar-refractivity contribution in [2.75, 3.05) is 17.8 Å². The summed E-state index contributed by atoms with van der Waals surface area (Å²) >= 11 is 5.43. The van der Waals surface area contributed by atoms with E-state index >= 15 is 0 Å². The standard InChI is InChI=1S/C19H14ClNO4/c1-2-9-25-16-8-4-6-14(11-16)19(24)18(23)13-5-3-7-15(10-13)21-17(22)12-20/h1,3-8,10-11H,9,12H2,(H,21,22). The molecule has 2 aromatic rings. The van der Waals surface area contributed by atoms with Crippen molar-refractivity contribution in [1.82, 2.24) is 0 Å². The van der Waals surface area contributed by atoms with Gasteiger partial charge in [0, 0.05) is 16.8 Å². The van der Waals surface area contributed by atoms with Crippen molar-refractivity contribution in [2.45, 2.75) is 0 Å². The molecule has 0 aliphatic carbocycles. The Balaban J connectivity index is 2.20. The molecule has 5 nitrogen and oxygen atoms in total. The first-order valence-electron chi connectivity index (χ1n) is 7.26. The fourth-order valence-corrected chi connectivity index (χ4v) is 2.11. The molecule has 0 aliphatic heterocycles. The van der Waals surface area contributed by atoms with Crippen molar-refractivity contribution in [1.29, 1.82) is 0 Å². The third kappa shape index (κ3) is 4.93. The molecular weight excluding hydrogens is 342 g/mol. The van der Waals surface area contributed by atoms with E-state index < -0.39 is 17.5 Å². The van der Waals surface area contributed by atoms with Crippen LogP contribution >= 0.6 is 11.6 Å². The molecule has 1 N–H and O–H groups in total. The number of terminal acetylenes is 1. The van der Waals surface area contributed by atoms with Crippen molar-refractivity contribution in [2.24, 2.45) is 0 Å². The maximum absolute atomic E-state index is 12.4. The van der Waals surface area contributed by atoms with Gasteiger partial charge in [-0.15, -0.1) is 18.0 Å². The zero-order chi connectivity index (χ0) is 18.2. The van der Waals surface area contributed by atoms with Gasteiger partial charge < -0.3 is 10.1 Å². The lowest BCUT2D eigenvalue weighted by Crippen LogP contribution is -2.16. The lowest BCUT2D eigenvalue weighted by molar-refractivity contribution is -0.113. The van der Waals surface area contributed by atoms with Crippen LogP contribution in [0.2, 0.25) is 0 Å². The number of alkyl halides is 1. The lowest BCUT2D eigenvalue weighted by Gasteiger charge is -2.07. The lowest BCUT2D eigenvalue weighted by atomic mass is 10.0. The van der Waals surface area contributed by atoms with Gasteiger partial charge in [-0.2, -0.15) is 0 Å². The first-order chi connectivity index (χ1) is 12.0. The normalized spacial score (nSPS) is 9.76. The average Bonchev–Trinajstić information content (AvgIpc) is 2.65. The number of hydrogen-bond donors (Lipinski definition) is 1. The van der Waals surface area contributed by atoms with Gasteiger partial charge in [-0.1, -0.05) is 30.2 Å². The minimum Gasteiger partial charge on any atom is -0.481 e. The van der Waals surface area contributed by atoms with Gasteiger partial charge in [-0.3, -0.25) is 14.4 Å². The molecule has 0 bridgehead atoms. The molecule has 25 heavy (non-hydrogen) atoms. The zero-order valence-corrected chi connectivity index (χ0v) is 13.9. The molecule has 0 atom stereocenters. The Hall–Kier alpha value is -3.10. The molecule has 0 saturated carbocycles. The molecule has 0 aromatic heterocycles. The Kier molecular flexibility index (Phi) is 6.33. The highest BCUT2D eigenvalue weighted by atomic mass is 35.5. The smallest absolute Gasteiger partial charge is 0.239 e. The third-order valence-corrected chi connectivity index (χ3v) is 3.40. The van der Waals surface area contributed by atoms with E-state index in [-0.39, 0.29) is 23.6 Å². The molecule has 0 radical (unpaired) electrons. The van der Waals surface area contributed by atoms with Crippen molar-refractivity contribution in [3.05, 3.63) is 59.7 Å². The summed E-state index contributed by atoms with van der Waals surface area (Å²) in [6, 6.07) is 12.3. The monoisotopic (exact) mass is 355 g/mol. The second-order valence-corrected chi connectivity index (χ2v) is 5.21. The number of carbonyl (C=O) groups excluding carboxylic acids is 3. The summed E-state index contributed by atoms with van der Waals surface area (Å²) in [4.78, 5) is 36.1. The Morgan fingerprint density at radius 3 is 2.32 bits per heavy atom. The minimum atomic E-state index is -0.698. The highest BCUT2D eigenvalue weighted by Gasteiger charge is 2.19. The molecule has 0 saturated heterocycles. The van der Waals surface area contributed by atoms with E-state index in [2.05, 4.69) is 11.2 Å². The second kappa shape index (κ2) is 8.67. The first-order valence-corrected chi connectivity index (χ1v) is 7.80. The summed E-state index contributed by atoms with van der Waals surface area (Å²) < 4.78 is 5.25. The van der Waals surface area contributed by atoms with Crippen LogP contribution in [0.25, 0.3) is 0 Å². The van der Waals surface area contributed by atoms with Crippen LogP contribution in [0.15, 0.2) is 48.5 Å². The number of amides is 1. The molecule has 0 fully saturated rings. The van der Waals surface area contributed by atoms with Crippen molar-refractivity contribution in [3.8, 4) is 18.1 Å². The van der Waals surface area contributed by atoms with Crippen LogP contribution in [-0.2, 0) is 4.79 Å². The number of rotatable bonds is 7. The van der Waals surface area contributed by atoms with Gasteiger partial charge in [0.05, 0.1) is 0 Å². The number of ketones is 2. The van der Waals surface area contributed by atoms with Crippen LogP contribution in [0.5, 0.6) is 5.75 Å². The molecule has 0 unspecified atom stereocenters. The first kappa shape index (κ1) is 18.2. The van der Waals surface area contributed by atoms with Gasteiger partial charge in [0.1, 0.15) is 18.2 Å². The van der Waals surface area contributed by atoms with Crippen LogP contribution in [-0.4, -0.2) is 30.0 Å². The molecule has 1 amide bonds. The maximum atomic E-state index is 12.4. The molecule has 6 heteroatoms. The zero-order valence-electron chi connectivity index (χ0n) is 13.1. The number of ether oxygens (including phenoxy) is 1. The highest BCUT2D eigenvalue weighted by Crippen LogP contribution is 2.17. The Labute approximate surface area is 149 Å². The minimum absolute atomic E-state index is 0.0634. The van der Waals surface area contributed by atoms with E-state index in [0.717, 1.165) is 0 Å². The van der Waals surface area contributed by atoms with Crippen LogP contribution in [0.3, 0.4) is 0 Å². The number of Topliss-reactive ketones (excluding diaryl/α,β-unsaturated/α-hetero) is 2. The van der Waals surface area contributed by atoms with E-state index in [4.69, 9.17) is 22.8 Å². The number of nitrogens with one attached hydrogen (secondary N) is 1. The van der Waals surface area contributed by atoms with E-state index in [1.807, 2.05) is 0 Å². The van der Waals surface area contributed by atoms with E-state index in [1.165, 1.54) is 24.3 Å². The van der Waals surface area contributed by atoms with Crippen LogP contribution in [0.1, 0.15) is 20.7 Å². The van der Waals surface area contributed by atoms with Gasteiger partial charge in [-0.05, 0) is 24.3 Å². The maximum Gasteiger partial charge on any atom is 0.239 e. The van der Waals surface area contributed by atoms with E-state index in [1.54, 1.807) is 24.3 Å². The van der Waals surface area contributed by atoms with Gasteiger partial charge in [0.2, 0.25) is 17.5 Å². The largest absolute Gasteiger partial charge is 0.481 e. The molecule has 126 valence electrons. The SMILES string of the molecule is C#CCOc1cccc(C(=O)C(=O)c2cccc(NC(=O)CCl)c2)c1. The second-order valence-electron chi connectivity index (χ2n) is 4.94. The van der Waals surface area contributed by atoms with Crippen LogP contribution in [0.4, 0.5) is 5.69 Å². The molecular formula is C19H14ClNO4. The van der Waals surface area contributed by atoms with Crippen LogP contribution < -0.4 is 10.1 Å². The molecule has 0 aliphatic rings. The number of halogens is 1. The topological polar surface area (TPSA) is 72.5 Å². The van der Waals surface area contributed by atoms with Gasteiger partial charge in [0.15, 0.2) is 0 Å². The molecule has 2 aromatic carbocycles. The summed E-state index contributed by atoms with van der Waals surface area (Å²) in [6.07, 6.45) is 5.12. The van der Waals surface area contributed by atoms with Crippen molar-refractivity contribution < 1.29 is 19.1 Å². The number of carbonyl (C=O) groups is 3. The van der Waals surface area contributed by atoms with Gasteiger partial charge in [0.25, 0.3) is 0 Å².